The largest absolute Gasteiger partial charge is 0.426 e. The maximum absolute atomic E-state index is 13.2. The van der Waals surface area contributed by atoms with Crippen LogP contribution in [0.25, 0.3) is 11.0 Å². The van der Waals surface area contributed by atoms with Crippen LogP contribution >= 0.6 is 0 Å². The van der Waals surface area contributed by atoms with Crippen molar-refractivity contribution in [3.05, 3.63) is 125 Å². The van der Waals surface area contributed by atoms with Crippen molar-refractivity contribution in [2.24, 2.45) is 0 Å². The summed E-state index contributed by atoms with van der Waals surface area (Å²) in [5.41, 5.74) is 0.926. The zero-order valence-corrected chi connectivity index (χ0v) is 17.7. The summed E-state index contributed by atoms with van der Waals surface area (Å²) in [5.74, 6) is -1.40. The van der Waals surface area contributed by atoms with Gasteiger partial charge in [-0.2, -0.15) is 0 Å². The van der Waals surface area contributed by atoms with Crippen molar-refractivity contribution in [2.45, 2.75) is 5.92 Å². The molecule has 1 N–H and O–H groups in total. The quantitative estimate of drug-likeness (QED) is 0.199. The van der Waals surface area contributed by atoms with Crippen molar-refractivity contribution >= 4 is 22.8 Å². The van der Waals surface area contributed by atoms with Gasteiger partial charge in [0.1, 0.15) is 22.8 Å². The van der Waals surface area contributed by atoms with E-state index in [9.17, 15) is 14.4 Å². The van der Waals surface area contributed by atoms with Crippen molar-refractivity contribution < 1.29 is 18.7 Å². The minimum Gasteiger partial charge on any atom is -0.426 e. The van der Waals surface area contributed by atoms with Crippen LogP contribution in [-0.4, -0.2) is 18.4 Å². The maximum Gasteiger partial charge on any atom is 0.349 e. The van der Waals surface area contributed by atoms with E-state index in [4.69, 9.17) is 9.15 Å². The maximum atomic E-state index is 13.2. The van der Waals surface area contributed by atoms with E-state index in [-0.39, 0.29) is 23.4 Å². The number of carbonyl (C=O) groups excluding carboxylic acids is 2. The van der Waals surface area contributed by atoms with Gasteiger partial charge in [-0.25, -0.2) is 4.79 Å². The molecular weight excluding hydrogens is 418 g/mol. The zero-order chi connectivity index (χ0) is 23.2. The summed E-state index contributed by atoms with van der Waals surface area (Å²) in [6.45, 7) is 3.76. The molecule has 6 heteroatoms. The molecule has 0 saturated carbocycles. The van der Waals surface area contributed by atoms with E-state index in [0.717, 1.165) is 11.1 Å². The molecule has 0 atom stereocenters. The van der Waals surface area contributed by atoms with E-state index in [2.05, 4.69) is 11.9 Å². The van der Waals surface area contributed by atoms with Crippen LogP contribution in [0, 0.1) is 0 Å². The fourth-order valence-corrected chi connectivity index (χ4v) is 3.50. The van der Waals surface area contributed by atoms with Crippen molar-refractivity contribution in [3.8, 4) is 5.75 Å². The highest BCUT2D eigenvalue weighted by Crippen LogP contribution is 2.28. The first kappa shape index (κ1) is 21.8. The van der Waals surface area contributed by atoms with Crippen molar-refractivity contribution in [1.82, 2.24) is 5.32 Å². The second-order valence-corrected chi connectivity index (χ2v) is 7.32. The Morgan fingerprint density at radius 2 is 1.58 bits per heavy atom. The van der Waals surface area contributed by atoms with Gasteiger partial charge in [0, 0.05) is 18.0 Å². The second-order valence-electron chi connectivity index (χ2n) is 7.32. The molecule has 1 heterocycles. The highest BCUT2D eigenvalue weighted by molar-refractivity contribution is 5.97. The van der Waals surface area contributed by atoms with Gasteiger partial charge >= 0.3 is 11.6 Å². The molecule has 0 aliphatic rings. The molecule has 0 bridgehead atoms. The van der Waals surface area contributed by atoms with Crippen LogP contribution in [0.1, 0.15) is 27.4 Å². The van der Waals surface area contributed by atoms with E-state index >= 15 is 0 Å². The molecule has 6 nitrogen and oxygen atoms in total. The summed E-state index contributed by atoms with van der Waals surface area (Å²) in [4.78, 5) is 37.6. The van der Waals surface area contributed by atoms with E-state index in [1.54, 1.807) is 12.1 Å². The van der Waals surface area contributed by atoms with Crippen LogP contribution < -0.4 is 15.7 Å². The van der Waals surface area contributed by atoms with E-state index in [1.807, 2.05) is 60.7 Å². The van der Waals surface area contributed by atoms with Crippen molar-refractivity contribution in [2.75, 3.05) is 6.54 Å². The molecule has 4 rings (SSSR count). The third-order valence-electron chi connectivity index (χ3n) is 5.08. The summed E-state index contributed by atoms with van der Waals surface area (Å²) in [6, 6.07) is 24.9. The highest BCUT2D eigenvalue weighted by Gasteiger charge is 2.25. The third-order valence-corrected chi connectivity index (χ3v) is 5.08. The van der Waals surface area contributed by atoms with Crippen LogP contribution in [0.3, 0.4) is 0 Å². The number of hydrogen-bond acceptors (Lipinski definition) is 5. The molecule has 0 unspecified atom stereocenters. The Labute approximate surface area is 190 Å². The van der Waals surface area contributed by atoms with Gasteiger partial charge in [-0.3, -0.25) is 9.59 Å². The summed E-state index contributed by atoms with van der Waals surface area (Å²) >= 11 is 0. The molecule has 0 aliphatic heterocycles. The topological polar surface area (TPSA) is 85.6 Å². The molecule has 33 heavy (non-hydrogen) atoms. The number of benzene rings is 3. The number of ether oxygens (including phenoxy) is 1. The fraction of sp³-hybridized carbons (Fsp3) is 0.0741. The average Bonchev–Trinajstić information content (AvgIpc) is 2.83. The van der Waals surface area contributed by atoms with Crippen LogP contribution in [0.5, 0.6) is 5.75 Å². The Hall–Kier alpha value is -4.45. The number of fused-ring (bicyclic) bond motifs is 1. The Kier molecular flexibility index (Phi) is 6.45. The number of rotatable bonds is 7. The summed E-state index contributed by atoms with van der Waals surface area (Å²) in [5, 5.41) is 3.08. The Bertz CT molecular complexity index is 1320. The number of esters is 1. The highest BCUT2D eigenvalue weighted by atomic mass is 16.5. The molecule has 164 valence electrons. The number of hydrogen-bond donors (Lipinski definition) is 1. The summed E-state index contributed by atoms with van der Waals surface area (Å²) in [6.07, 6.45) is 1.51. The molecule has 0 spiro atoms. The first-order valence-electron chi connectivity index (χ1n) is 10.4. The van der Waals surface area contributed by atoms with Gasteiger partial charge in [-0.15, -0.1) is 6.58 Å². The van der Waals surface area contributed by atoms with Gasteiger partial charge in [0.15, 0.2) is 0 Å². The molecule has 3 aromatic carbocycles. The normalized spacial score (nSPS) is 10.7. The first-order chi connectivity index (χ1) is 16.1. The zero-order valence-electron chi connectivity index (χ0n) is 17.7. The van der Waals surface area contributed by atoms with E-state index < -0.39 is 23.4 Å². The Balaban J connectivity index is 1.63. The first-order valence-corrected chi connectivity index (χ1v) is 10.4. The summed E-state index contributed by atoms with van der Waals surface area (Å²) in [7, 11) is 0. The van der Waals surface area contributed by atoms with Gasteiger partial charge < -0.3 is 14.5 Å². The van der Waals surface area contributed by atoms with E-state index in [0.29, 0.717) is 5.39 Å². The number of amides is 1. The predicted molar refractivity (Wildman–Crippen MR) is 125 cm³/mol. The molecule has 0 aliphatic carbocycles. The molecule has 0 radical (unpaired) electrons. The van der Waals surface area contributed by atoms with Gasteiger partial charge in [-0.1, -0.05) is 66.7 Å². The lowest BCUT2D eigenvalue weighted by atomic mass is 9.91. The van der Waals surface area contributed by atoms with Crippen molar-refractivity contribution in [3.63, 3.8) is 0 Å². The third kappa shape index (κ3) is 4.91. The lowest BCUT2D eigenvalue weighted by Crippen LogP contribution is -2.28. The molecule has 0 fully saturated rings. The standard InChI is InChI=1S/C27H21NO5/c1-2-15-28-25(29)22-16-20-13-14-21(17-23(20)33-26(22)30)32-27(31)24(18-9-5-3-6-10-18)19-11-7-4-8-12-19/h2-14,16-17,24H,1,15H2,(H,28,29). The van der Waals surface area contributed by atoms with Crippen LogP contribution in [0.4, 0.5) is 0 Å². The smallest absolute Gasteiger partial charge is 0.349 e. The van der Waals surface area contributed by atoms with Crippen LogP contribution in [0.2, 0.25) is 0 Å². The molecular formula is C27H21NO5. The average molecular weight is 439 g/mol. The van der Waals surface area contributed by atoms with Crippen LogP contribution in [-0.2, 0) is 4.79 Å². The molecule has 1 amide bonds. The Morgan fingerprint density at radius 1 is 0.939 bits per heavy atom. The van der Waals surface area contributed by atoms with Gasteiger partial charge in [0.2, 0.25) is 0 Å². The fourth-order valence-electron chi connectivity index (χ4n) is 3.50. The van der Waals surface area contributed by atoms with Gasteiger partial charge in [0.05, 0.1) is 0 Å². The molecule has 4 aromatic rings. The second kappa shape index (κ2) is 9.78. The minimum absolute atomic E-state index is 0.109. The lowest BCUT2D eigenvalue weighted by Gasteiger charge is -2.17. The molecule has 0 saturated heterocycles. The van der Waals surface area contributed by atoms with E-state index in [1.165, 1.54) is 18.2 Å². The lowest BCUT2D eigenvalue weighted by molar-refractivity contribution is -0.135. The monoisotopic (exact) mass is 439 g/mol. The minimum atomic E-state index is -0.779. The summed E-state index contributed by atoms with van der Waals surface area (Å²) < 4.78 is 11.0. The molecule has 1 aromatic heterocycles. The van der Waals surface area contributed by atoms with Gasteiger partial charge in [-0.05, 0) is 29.3 Å². The SMILES string of the molecule is C=CCNC(=O)c1cc2ccc(OC(=O)C(c3ccccc3)c3ccccc3)cc2oc1=O. The van der Waals surface area contributed by atoms with Crippen LogP contribution in [0.15, 0.2) is 107 Å². The number of nitrogens with one attached hydrogen (secondary N) is 1. The predicted octanol–water partition coefficient (Wildman–Crippen LogP) is 4.45. The van der Waals surface area contributed by atoms with Gasteiger partial charge in [0.25, 0.3) is 5.91 Å². The number of carbonyl (C=O) groups is 2. The van der Waals surface area contributed by atoms with Crippen molar-refractivity contribution in [1.29, 1.82) is 0 Å². The Morgan fingerprint density at radius 3 is 2.18 bits per heavy atom.